The number of aromatic nitrogens is 1. The summed E-state index contributed by atoms with van der Waals surface area (Å²) in [7, 11) is 0. The number of pyridine rings is 1. The second-order valence-electron chi connectivity index (χ2n) is 9.01. The molecule has 0 radical (unpaired) electrons. The molecule has 1 unspecified atom stereocenters. The van der Waals surface area contributed by atoms with Crippen LogP contribution < -0.4 is 15.5 Å². The van der Waals surface area contributed by atoms with Gasteiger partial charge >= 0.3 is 6.09 Å². The number of rotatable bonds is 6. The number of ether oxygens (including phenoxy) is 1. The standard InChI is InChI=1S/C22H36N4O3/c1-16(2)19(25-21(28)29-22(3,4)5)20(27)24-15-17-10-11-23-18(14-17)26-12-8-6-7-9-13-26/h10-11,14,16,19H,6-9,12-13,15H2,1-5H3,(H,24,27)(H,25,28). The SMILES string of the molecule is CC(C)C(NC(=O)OC(C)(C)C)C(=O)NCc1ccnc(N2CCCCCC2)c1. The smallest absolute Gasteiger partial charge is 0.408 e. The van der Waals surface area contributed by atoms with Gasteiger partial charge in [0.05, 0.1) is 0 Å². The molecule has 1 fully saturated rings. The summed E-state index contributed by atoms with van der Waals surface area (Å²) in [4.78, 5) is 31.6. The van der Waals surface area contributed by atoms with Crippen LogP contribution in [0.5, 0.6) is 0 Å². The third-order valence-electron chi connectivity index (χ3n) is 4.83. The van der Waals surface area contributed by atoms with Crippen LogP contribution in [-0.4, -0.2) is 41.7 Å². The van der Waals surface area contributed by atoms with Gasteiger partial charge in [0.2, 0.25) is 5.91 Å². The van der Waals surface area contributed by atoms with Crippen molar-refractivity contribution in [2.75, 3.05) is 18.0 Å². The zero-order chi connectivity index (χ0) is 21.4. The van der Waals surface area contributed by atoms with Crippen LogP contribution in [0.2, 0.25) is 0 Å². The van der Waals surface area contributed by atoms with E-state index >= 15 is 0 Å². The first-order chi connectivity index (χ1) is 13.7. The van der Waals surface area contributed by atoms with Crippen LogP contribution in [0.15, 0.2) is 18.3 Å². The first kappa shape index (κ1) is 23.0. The van der Waals surface area contributed by atoms with Crippen LogP contribution in [0.1, 0.15) is 65.9 Å². The van der Waals surface area contributed by atoms with E-state index in [4.69, 9.17) is 4.74 Å². The number of amides is 2. The molecule has 0 bridgehead atoms. The summed E-state index contributed by atoms with van der Waals surface area (Å²) in [6.45, 7) is 11.6. The van der Waals surface area contributed by atoms with Gasteiger partial charge in [-0.2, -0.15) is 0 Å². The van der Waals surface area contributed by atoms with Gasteiger partial charge in [0, 0.05) is 25.8 Å². The minimum absolute atomic E-state index is 0.0624. The van der Waals surface area contributed by atoms with Crippen molar-refractivity contribution in [1.82, 2.24) is 15.6 Å². The Balaban J connectivity index is 1.95. The Labute approximate surface area is 174 Å². The highest BCUT2D eigenvalue weighted by Gasteiger charge is 2.26. The fraction of sp³-hybridized carbons (Fsp3) is 0.682. The summed E-state index contributed by atoms with van der Waals surface area (Å²) in [5.41, 5.74) is 0.385. The van der Waals surface area contributed by atoms with Crippen LogP contribution in [0.3, 0.4) is 0 Å². The molecule has 1 aliphatic heterocycles. The zero-order valence-electron chi connectivity index (χ0n) is 18.5. The lowest BCUT2D eigenvalue weighted by Crippen LogP contribution is -2.50. The molecule has 1 aromatic rings. The highest BCUT2D eigenvalue weighted by Crippen LogP contribution is 2.18. The summed E-state index contributed by atoms with van der Waals surface area (Å²) in [5, 5.41) is 5.62. The van der Waals surface area contributed by atoms with Gasteiger partial charge in [0.15, 0.2) is 0 Å². The molecule has 1 atom stereocenters. The third-order valence-corrected chi connectivity index (χ3v) is 4.83. The summed E-state index contributed by atoms with van der Waals surface area (Å²) in [6, 6.07) is 3.29. The lowest BCUT2D eigenvalue weighted by Gasteiger charge is -2.25. The number of anilines is 1. The second-order valence-corrected chi connectivity index (χ2v) is 9.01. The van der Waals surface area contributed by atoms with Crippen molar-refractivity contribution >= 4 is 17.8 Å². The average molecular weight is 405 g/mol. The molecule has 1 aliphatic rings. The number of nitrogens with zero attached hydrogens (tertiary/aromatic N) is 2. The van der Waals surface area contributed by atoms with Crippen LogP contribution >= 0.6 is 0 Å². The van der Waals surface area contributed by atoms with E-state index in [1.807, 2.05) is 26.0 Å². The lowest BCUT2D eigenvalue weighted by atomic mass is 10.0. The summed E-state index contributed by atoms with van der Waals surface area (Å²) >= 11 is 0. The maximum absolute atomic E-state index is 12.7. The van der Waals surface area contributed by atoms with Gasteiger partial charge < -0.3 is 20.3 Å². The molecule has 2 amide bonds. The Morgan fingerprint density at radius 2 is 1.83 bits per heavy atom. The molecule has 29 heavy (non-hydrogen) atoms. The molecule has 2 heterocycles. The monoisotopic (exact) mass is 404 g/mol. The lowest BCUT2D eigenvalue weighted by molar-refractivity contribution is -0.124. The van der Waals surface area contributed by atoms with Crippen molar-refractivity contribution in [2.24, 2.45) is 5.92 Å². The molecule has 1 aromatic heterocycles. The first-order valence-electron chi connectivity index (χ1n) is 10.6. The molecule has 0 spiro atoms. The number of carbonyl (C=O) groups excluding carboxylic acids is 2. The Hall–Kier alpha value is -2.31. The Kier molecular flexibility index (Phi) is 8.29. The normalized spacial score (nSPS) is 16.1. The van der Waals surface area contributed by atoms with Gasteiger partial charge in [-0.1, -0.05) is 26.7 Å². The van der Waals surface area contributed by atoms with E-state index in [-0.39, 0.29) is 11.8 Å². The number of alkyl carbamates (subject to hydrolysis) is 1. The van der Waals surface area contributed by atoms with Crippen LogP contribution in [0, 0.1) is 5.92 Å². The molecule has 7 nitrogen and oxygen atoms in total. The van der Waals surface area contributed by atoms with Crippen molar-refractivity contribution in [1.29, 1.82) is 0 Å². The van der Waals surface area contributed by atoms with Gasteiger partial charge in [-0.15, -0.1) is 0 Å². The fourth-order valence-corrected chi connectivity index (χ4v) is 3.31. The molecule has 0 aliphatic carbocycles. The predicted octanol–water partition coefficient (Wildman–Crippen LogP) is 3.63. The van der Waals surface area contributed by atoms with E-state index in [0.29, 0.717) is 6.54 Å². The molecular formula is C22H36N4O3. The van der Waals surface area contributed by atoms with Crippen molar-refractivity contribution in [2.45, 2.75) is 78.5 Å². The third kappa shape index (κ3) is 7.91. The molecule has 7 heteroatoms. The Morgan fingerprint density at radius 1 is 1.17 bits per heavy atom. The zero-order valence-corrected chi connectivity index (χ0v) is 18.5. The van der Waals surface area contributed by atoms with E-state index in [9.17, 15) is 9.59 Å². The minimum atomic E-state index is -0.656. The largest absolute Gasteiger partial charge is 0.444 e. The van der Waals surface area contributed by atoms with E-state index in [1.54, 1.807) is 27.0 Å². The highest BCUT2D eigenvalue weighted by molar-refractivity contribution is 5.85. The van der Waals surface area contributed by atoms with E-state index in [1.165, 1.54) is 25.7 Å². The van der Waals surface area contributed by atoms with Crippen LogP contribution in [0.25, 0.3) is 0 Å². The van der Waals surface area contributed by atoms with Crippen LogP contribution in [0.4, 0.5) is 10.6 Å². The quantitative estimate of drug-likeness (QED) is 0.756. The van der Waals surface area contributed by atoms with E-state index < -0.39 is 17.7 Å². The van der Waals surface area contributed by atoms with Gasteiger partial charge in [-0.25, -0.2) is 9.78 Å². The maximum atomic E-state index is 12.7. The molecule has 0 aromatic carbocycles. The van der Waals surface area contributed by atoms with Gasteiger partial charge in [-0.3, -0.25) is 4.79 Å². The summed E-state index contributed by atoms with van der Waals surface area (Å²) in [6.07, 6.45) is 6.13. The van der Waals surface area contributed by atoms with Gasteiger partial charge in [0.1, 0.15) is 17.5 Å². The van der Waals surface area contributed by atoms with Crippen molar-refractivity contribution in [3.05, 3.63) is 23.9 Å². The first-order valence-corrected chi connectivity index (χ1v) is 10.6. The number of nitrogens with one attached hydrogen (secondary N) is 2. The number of carbonyl (C=O) groups is 2. The molecule has 1 saturated heterocycles. The fourth-order valence-electron chi connectivity index (χ4n) is 3.31. The number of hydrogen-bond donors (Lipinski definition) is 2. The van der Waals surface area contributed by atoms with Gasteiger partial charge in [0.25, 0.3) is 0 Å². The predicted molar refractivity (Wildman–Crippen MR) is 115 cm³/mol. The molecule has 2 N–H and O–H groups in total. The topological polar surface area (TPSA) is 83.6 Å². The Bertz CT molecular complexity index is 677. The van der Waals surface area contributed by atoms with E-state index in [0.717, 1.165) is 24.5 Å². The molecular weight excluding hydrogens is 368 g/mol. The molecule has 0 saturated carbocycles. The summed E-state index contributed by atoms with van der Waals surface area (Å²) in [5.74, 6) is 0.678. The molecule has 2 rings (SSSR count). The highest BCUT2D eigenvalue weighted by atomic mass is 16.6. The van der Waals surface area contributed by atoms with Crippen molar-refractivity contribution in [3.63, 3.8) is 0 Å². The number of hydrogen-bond acceptors (Lipinski definition) is 5. The Morgan fingerprint density at radius 3 is 2.41 bits per heavy atom. The average Bonchev–Trinajstić information content (AvgIpc) is 2.92. The van der Waals surface area contributed by atoms with Crippen molar-refractivity contribution < 1.29 is 14.3 Å². The minimum Gasteiger partial charge on any atom is -0.444 e. The maximum Gasteiger partial charge on any atom is 0.408 e. The molecule has 162 valence electrons. The summed E-state index contributed by atoms with van der Waals surface area (Å²) < 4.78 is 5.28. The second kappa shape index (κ2) is 10.5. The van der Waals surface area contributed by atoms with Crippen LogP contribution in [-0.2, 0) is 16.1 Å². The van der Waals surface area contributed by atoms with E-state index in [2.05, 4.69) is 20.5 Å². The van der Waals surface area contributed by atoms with Crippen molar-refractivity contribution in [3.8, 4) is 0 Å². The van der Waals surface area contributed by atoms with Gasteiger partial charge in [-0.05, 0) is 57.2 Å².